The summed E-state index contributed by atoms with van der Waals surface area (Å²) in [5.41, 5.74) is 2.80. The van der Waals surface area contributed by atoms with E-state index in [9.17, 15) is 9.59 Å². The van der Waals surface area contributed by atoms with Crippen LogP contribution in [-0.4, -0.2) is 23.6 Å². The summed E-state index contributed by atoms with van der Waals surface area (Å²) in [5.74, 6) is -1.64. The zero-order valence-corrected chi connectivity index (χ0v) is 20.5. The van der Waals surface area contributed by atoms with Crippen LogP contribution < -0.4 is 5.32 Å². The second kappa shape index (κ2) is 9.27. The van der Waals surface area contributed by atoms with Crippen LogP contribution in [0.3, 0.4) is 0 Å². The van der Waals surface area contributed by atoms with Gasteiger partial charge in [-0.05, 0) is 43.2 Å². The molecule has 1 aromatic heterocycles. The number of fused-ring (bicyclic) bond motifs is 1. The molecule has 0 aliphatic carbocycles. The Kier molecular flexibility index (Phi) is 6.42. The summed E-state index contributed by atoms with van der Waals surface area (Å²) >= 11 is 3.58. The highest BCUT2D eigenvalue weighted by molar-refractivity contribution is 9.10. The fourth-order valence-electron chi connectivity index (χ4n) is 4.26. The van der Waals surface area contributed by atoms with Gasteiger partial charge in [-0.25, -0.2) is 9.59 Å². The minimum Gasteiger partial charge on any atom is -0.466 e. The third-order valence-corrected chi connectivity index (χ3v) is 6.59. The Morgan fingerprint density at radius 2 is 1.48 bits per heavy atom. The molecule has 170 valence electrons. The Hall–Kier alpha value is -3.32. The minimum absolute atomic E-state index is 0.372. The van der Waals surface area contributed by atoms with Crippen LogP contribution in [0.1, 0.15) is 38.5 Å². The van der Waals surface area contributed by atoms with E-state index in [1.54, 1.807) is 6.92 Å². The van der Waals surface area contributed by atoms with Crippen LogP contribution in [0.5, 0.6) is 0 Å². The molecule has 1 aliphatic rings. The van der Waals surface area contributed by atoms with Crippen LogP contribution in [0.15, 0.2) is 87.9 Å². The van der Waals surface area contributed by atoms with E-state index in [4.69, 9.17) is 9.47 Å². The molecule has 2 aromatic carbocycles. The predicted molar refractivity (Wildman–Crippen MR) is 130 cm³/mol. The number of halogens is 1. The van der Waals surface area contributed by atoms with Gasteiger partial charge in [0, 0.05) is 28.3 Å². The summed E-state index contributed by atoms with van der Waals surface area (Å²) in [5, 5.41) is 5.29. The third-order valence-electron chi connectivity index (χ3n) is 5.87. The summed E-state index contributed by atoms with van der Waals surface area (Å²) in [7, 11) is 1.33. The SMILES string of the molecule is COC(=O)C1=C(C)NC(C)=C(C(=O)OC(C)n2cc3ccccc3c2)C1c1ccccc1Br. The number of hydrogen-bond acceptors (Lipinski definition) is 5. The Bertz CT molecular complexity index is 1270. The number of esters is 2. The van der Waals surface area contributed by atoms with Gasteiger partial charge < -0.3 is 19.4 Å². The Labute approximate surface area is 201 Å². The number of dihydropyridines is 1. The fraction of sp³-hybridized carbons (Fsp3) is 0.231. The number of aromatic nitrogens is 1. The van der Waals surface area contributed by atoms with Gasteiger partial charge in [0.2, 0.25) is 0 Å². The number of ether oxygens (including phenoxy) is 2. The van der Waals surface area contributed by atoms with E-state index in [0.29, 0.717) is 22.5 Å². The van der Waals surface area contributed by atoms with E-state index in [1.165, 1.54) is 7.11 Å². The number of hydrogen-bond donors (Lipinski definition) is 1. The van der Waals surface area contributed by atoms with Crippen LogP contribution >= 0.6 is 15.9 Å². The summed E-state index contributed by atoms with van der Waals surface area (Å²) in [6, 6.07) is 15.5. The first-order valence-electron chi connectivity index (χ1n) is 10.6. The molecule has 0 spiro atoms. The molecule has 1 aliphatic heterocycles. The third kappa shape index (κ3) is 4.33. The molecule has 0 fully saturated rings. The summed E-state index contributed by atoms with van der Waals surface area (Å²) < 4.78 is 13.6. The van der Waals surface area contributed by atoms with Crippen molar-refractivity contribution < 1.29 is 19.1 Å². The van der Waals surface area contributed by atoms with E-state index in [1.807, 2.05) is 79.3 Å². The lowest BCUT2D eigenvalue weighted by molar-refractivity contribution is -0.148. The maximum atomic E-state index is 13.5. The van der Waals surface area contributed by atoms with E-state index in [2.05, 4.69) is 21.2 Å². The Balaban J connectivity index is 1.73. The van der Waals surface area contributed by atoms with E-state index < -0.39 is 24.1 Å². The first-order chi connectivity index (χ1) is 15.8. The van der Waals surface area contributed by atoms with Crippen LogP contribution in [-0.2, 0) is 19.1 Å². The van der Waals surface area contributed by atoms with Crippen LogP contribution in [0, 0.1) is 0 Å². The van der Waals surface area contributed by atoms with Gasteiger partial charge in [0.1, 0.15) is 0 Å². The Morgan fingerprint density at radius 1 is 0.939 bits per heavy atom. The number of nitrogens with zero attached hydrogens (tertiary/aromatic N) is 1. The van der Waals surface area contributed by atoms with Gasteiger partial charge in [0.25, 0.3) is 0 Å². The molecule has 2 atom stereocenters. The van der Waals surface area contributed by atoms with Crippen molar-refractivity contribution in [2.24, 2.45) is 0 Å². The van der Waals surface area contributed by atoms with Crippen LogP contribution in [0.25, 0.3) is 10.8 Å². The molecule has 0 amide bonds. The largest absolute Gasteiger partial charge is 0.466 e. The maximum Gasteiger partial charge on any atom is 0.338 e. The minimum atomic E-state index is -0.641. The number of benzene rings is 2. The van der Waals surface area contributed by atoms with E-state index in [-0.39, 0.29) is 0 Å². The van der Waals surface area contributed by atoms with Crippen molar-refractivity contribution in [1.82, 2.24) is 9.88 Å². The summed E-state index contributed by atoms with van der Waals surface area (Å²) in [4.78, 5) is 26.3. The average molecular weight is 509 g/mol. The molecule has 7 heteroatoms. The number of carbonyl (C=O) groups is 2. The average Bonchev–Trinajstić information content (AvgIpc) is 3.23. The van der Waals surface area contributed by atoms with Crippen molar-refractivity contribution in [3.05, 3.63) is 93.5 Å². The van der Waals surface area contributed by atoms with Crippen LogP contribution in [0.2, 0.25) is 0 Å². The van der Waals surface area contributed by atoms with Gasteiger partial charge in [-0.3, -0.25) is 0 Å². The van der Waals surface area contributed by atoms with Crippen LogP contribution in [0.4, 0.5) is 0 Å². The van der Waals surface area contributed by atoms with Crippen molar-refractivity contribution in [2.45, 2.75) is 32.9 Å². The standard InChI is InChI=1S/C26H25BrN2O4/c1-15-22(25(30)32-4)24(20-11-7-8-12-21(20)27)23(16(2)28-15)26(31)33-17(3)29-13-18-9-5-6-10-19(18)14-29/h5-14,17,24,28H,1-4H3. The quantitative estimate of drug-likeness (QED) is 0.456. The monoisotopic (exact) mass is 508 g/mol. The molecule has 4 rings (SSSR count). The lowest BCUT2D eigenvalue weighted by Gasteiger charge is -2.31. The zero-order chi connectivity index (χ0) is 23.7. The van der Waals surface area contributed by atoms with Gasteiger partial charge >= 0.3 is 11.9 Å². The van der Waals surface area contributed by atoms with Crippen molar-refractivity contribution in [3.8, 4) is 0 Å². The molecule has 0 radical (unpaired) electrons. The number of allylic oxidation sites excluding steroid dienone is 2. The van der Waals surface area contributed by atoms with Crippen molar-refractivity contribution in [1.29, 1.82) is 0 Å². The molecular formula is C26H25BrN2O4. The molecular weight excluding hydrogens is 484 g/mol. The Morgan fingerprint density at radius 3 is 2.06 bits per heavy atom. The molecule has 0 bridgehead atoms. The molecule has 6 nitrogen and oxygen atoms in total. The first-order valence-corrected chi connectivity index (χ1v) is 11.4. The molecule has 2 unspecified atom stereocenters. The highest BCUT2D eigenvalue weighted by atomic mass is 79.9. The van der Waals surface area contributed by atoms with E-state index in [0.717, 1.165) is 20.8 Å². The smallest absolute Gasteiger partial charge is 0.338 e. The van der Waals surface area contributed by atoms with E-state index >= 15 is 0 Å². The van der Waals surface area contributed by atoms with Gasteiger partial charge in [-0.15, -0.1) is 0 Å². The lowest BCUT2D eigenvalue weighted by atomic mass is 9.80. The van der Waals surface area contributed by atoms with Gasteiger partial charge in [0.15, 0.2) is 6.23 Å². The first kappa shape index (κ1) is 22.9. The molecule has 33 heavy (non-hydrogen) atoms. The number of nitrogens with one attached hydrogen (secondary N) is 1. The second-order valence-corrected chi connectivity index (χ2v) is 8.84. The van der Waals surface area contributed by atoms with Gasteiger partial charge in [-0.1, -0.05) is 58.4 Å². The molecule has 0 saturated heterocycles. The van der Waals surface area contributed by atoms with Gasteiger partial charge in [-0.2, -0.15) is 0 Å². The topological polar surface area (TPSA) is 69.6 Å². The van der Waals surface area contributed by atoms with Gasteiger partial charge in [0.05, 0.1) is 24.2 Å². The fourth-order valence-corrected chi connectivity index (χ4v) is 4.77. The normalized spacial score (nSPS) is 17.1. The molecule has 1 N–H and O–H groups in total. The molecule has 0 saturated carbocycles. The lowest BCUT2D eigenvalue weighted by Crippen LogP contribution is -2.33. The second-order valence-electron chi connectivity index (χ2n) is 7.99. The van der Waals surface area contributed by atoms with Crippen molar-refractivity contribution in [3.63, 3.8) is 0 Å². The highest BCUT2D eigenvalue weighted by Gasteiger charge is 2.39. The highest BCUT2D eigenvalue weighted by Crippen LogP contribution is 2.42. The molecule has 3 aromatic rings. The van der Waals surface area contributed by atoms with Crippen molar-refractivity contribution >= 4 is 38.6 Å². The summed E-state index contributed by atoms with van der Waals surface area (Å²) in [6.45, 7) is 5.43. The predicted octanol–water partition coefficient (Wildman–Crippen LogP) is 5.57. The zero-order valence-electron chi connectivity index (χ0n) is 18.9. The molecule has 2 heterocycles. The number of methoxy groups -OCH3 is 1. The number of carbonyl (C=O) groups excluding carboxylic acids is 2. The van der Waals surface area contributed by atoms with Crippen molar-refractivity contribution in [2.75, 3.05) is 7.11 Å². The summed E-state index contributed by atoms with van der Waals surface area (Å²) in [6.07, 6.45) is 3.35. The number of rotatable bonds is 5. The maximum absolute atomic E-state index is 13.5.